The molecule has 178 valence electrons. The Balaban J connectivity index is 3.70. The molecule has 0 amide bonds. The van der Waals surface area contributed by atoms with Gasteiger partial charge in [0.25, 0.3) is 0 Å². The molecule has 1 rings (SSSR count). The van der Waals surface area contributed by atoms with E-state index in [1.165, 1.54) is 23.1 Å². The van der Waals surface area contributed by atoms with Gasteiger partial charge in [-0.25, -0.2) is 4.99 Å². The number of benzene rings is 1. The molecule has 0 aliphatic heterocycles. The molecule has 6 heteroatoms. The molecule has 1 aromatic carbocycles. The maximum atomic E-state index is 9.03. The van der Waals surface area contributed by atoms with Crippen LogP contribution in [0.3, 0.4) is 0 Å². The van der Waals surface area contributed by atoms with E-state index in [4.69, 9.17) is 20.1 Å². The lowest BCUT2D eigenvalue weighted by molar-refractivity contribution is 0.329. The molecule has 0 bridgehead atoms. The fourth-order valence-corrected chi connectivity index (χ4v) is 3.88. The molecule has 1 N–H and O–H groups in total. The van der Waals surface area contributed by atoms with Crippen molar-refractivity contribution in [3.05, 3.63) is 46.5 Å². The van der Waals surface area contributed by atoms with Gasteiger partial charge in [0, 0.05) is 12.8 Å². The zero-order valence-corrected chi connectivity index (χ0v) is 21.3. The summed E-state index contributed by atoms with van der Waals surface area (Å²) in [6.45, 7) is 12.2. The summed E-state index contributed by atoms with van der Waals surface area (Å²) in [7, 11) is 3.15. The Hall–Kier alpha value is -3.20. The number of aliphatic imine (C=N–C) groups is 2. The predicted octanol–water partition coefficient (Wildman–Crippen LogP) is 6.12. The van der Waals surface area contributed by atoms with Crippen LogP contribution in [-0.4, -0.2) is 44.8 Å². The lowest BCUT2D eigenvalue weighted by atomic mass is 9.83. The maximum Gasteiger partial charge on any atom is 0.195 e. The Kier molecular flexibility index (Phi) is 11.9. The highest BCUT2D eigenvalue weighted by molar-refractivity contribution is 6.05. The summed E-state index contributed by atoms with van der Waals surface area (Å²) >= 11 is 0. The van der Waals surface area contributed by atoms with Gasteiger partial charge in [-0.2, -0.15) is 5.26 Å². The summed E-state index contributed by atoms with van der Waals surface area (Å²) in [5.41, 5.74) is 6.10. The van der Waals surface area contributed by atoms with E-state index in [9.17, 15) is 0 Å². The molecular weight excluding hydrogens is 412 g/mol. The third kappa shape index (κ3) is 7.71. The van der Waals surface area contributed by atoms with Crippen LogP contribution in [0.2, 0.25) is 0 Å². The molecule has 0 aromatic heterocycles. The summed E-state index contributed by atoms with van der Waals surface area (Å²) in [5, 5.41) is 17.8. The van der Waals surface area contributed by atoms with Crippen LogP contribution in [-0.2, 0) is 9.47 Å². The SMILES string of the molecule is CC/C=C(/C)c1c(C)cccc1/C=C(\C)C(N=COC)C(C(=N)C(C)C)C(=NC)OCC#N. The highest BCUT2D eigenvalue weighted by atomic mass is 16.5. The first-order chi connectivity index (χ1) is 15.7. The van der Waals surface area contributed by atoms with E-state index in [0.717, 1.165) is 17.6 Å². The van der Waals surface area contributed by atoms with Crippen LogP contribution in [0.25, 0.3) is 11.6 Å². The summed E-state index contributed by atoms with van der Waals surface area (Å²) in [6, 6.07) is 7.78. The van der Waals surface area contributed by atoms with Gasteiger partial charge in [0.2, 0.25) is 0 Å². The van der Waals surface area contributed by atoms with Crippen LogP contribution in [0.15, 0.2) is 39.8 Å². The van der Waals surface area contributed by atoms with Gasteiger partial charge in [-0.05, 0) is 60.9 Å². The normalized spacial score (nSPS) is 14.8. The number of hydrogen-bond acceptors (Lipinski definition) is 6. The number of hydrogen-bond donors (Lipinski definition) is 1. The van der Waals surface area contributed by atoms with Gasteiger partial charge in [0.05, 0.1) is 19.1 Å². The van der Waals surface area contributed by atoms with Gasteiger partial charge < -0.3 is 14.9 Å². The van der Waals surface area contributed by atoms with Crippen LogP contribution < -0.4 is 0 Å². The zero-order valence-electron chi connectivity index (χ0n) is 21.3. The number of aryl methyl sites for hydroxylation is 1. The zero-order chi connectivity index (χ0) is 25.0. The molecule has 0 aliphatic rings. The van der Waals surface area contributed by atoms with E-state index in [1.807, 2.05) is 32.9 Å². The standard InChI is InChI=1S/C27H38N4O2/c1-9-11-19(4)23-20(5)12-10-13-22(23)16-21(6)26(31-17-32-8)24(25(29)18(2)3)27(30-7)33-15-14-28/h10-13,16-18,24,26,29H,9,15H2,1-8H3/b19-11-,21-16+,29-25?,30-27?,31-17?. The second-order valence-corrected chi connectivity index (χ2v) is 8.25. The van der Waals surface area contributed by atoms with E-state index in [1.54, 1.807) is 14.2 Å². The molecule has 0 saturated heterocycles. The average molecular weight is 451 g/mol. The molecule has 1 aromatic rings. The van der Waals surface area contributed by atoms with E-state index in [-0.39, 0.29) is 12.5 Å². The fourth-order valence-electron chi connectivity index (χ4n) is 3.88. The molecule has 2 atom stereocenters. The van der Waals surface area contributed by atoms with E-state index in [0.29, 0.717) is 11.6 Å². The van der Waals surface area contributed by atoms with E-state index < -0.39 is 12.0 Å². The van der Waals surface area contributed by atoms with Crippen molar-refractivity contribution in [1.29, 1.82) is 10.7 Å². The van der Waals surface area contributed by atoms with Gasteiger partial charge >= 0.3 is 0 Å². The first-order valence-corrected chi connectivity index (χ1v) is 11.3. The van der Waals surface area contributed by atoms with Gasteiger partial charge in [-0.15, -0.1) is 0 Å². The Morgan fingerprint density at radius 1 is 1.27 bits per heavy atom. The highest BCUT2D eigenvalue weighted by Gasteiger charge is 2.34. The summed E-state index contributed by atoms with van der Waals surface area (Å²) < 4.78 is 10.8. The minimum absolute atomic E-state index is 0.0465. The van der Waals surface area contributed by atoms with Crippen LogP contribution in [0.4, 0.5) is 0 Å². The molecule has 0 saturated carbocycles. The van der Waals surface area contributed by atoms with Crippen molar-refractivity contribution in [2.75, 3.05) is 20.8 Å². The highest BCUT2D eigenvalue weighted by Crippen LogP contribution is 2.29. The van der Waals surface area contributed by atoms with Crippen molar-refractivity contribution >= 4 is 29.7 Å². The van der Waals surface area contributed by atoms with Crippen molar-refractivity contribution in [2.45, 2.75) is 54.0 Å². The number of nitriles is 1. The monoisotopic (exact) mass is 450 g/mol. The van der Waals surface area contributed by atoms with Crippen LogP contribution >= 0.6 is 0 Å². The van der Waals surface area contributed by atoms with Gasteiger partial charge in [-0.3, -0.25) is 4.99 Å². The Morgan fingerprint density at radius 2 is 1.97 bits per heavy atom. The lowest BCUT2D eigenvalue weighted by Gasteiger charge is -2.28. The van der Waals surface area contributed by atoms with Gasteiger partial charge in [0.1, 0.15) is 6.07 Å². The number of rotatable bonds is 11. The second kappa shape index (κ2) is 14.1. The number of methoxy groups -OCH3 is 1. The lowest BCUT2D eigenvalue weighted by Crippen LogP contribution is -2.38. The maximum absolute atomic E-state index is 9.03. The van der Waals surface area contributed by atoms with Crippen LogP contribution in [0, 0.1) is 35.5 Å². The minimum Gasteiger partial charge on any atom is -0.487 e. The molecule has 6 nitrogen and oxygen atoms in total. The second-order valence-electron chi connectivity index (χ2n) is 8.25. The molecule has 33 heavy (non-hydrogen) atoms. The summed E-state index contributed by atoms with van der Waals surface area (Å²) in [4.78, 5) is 8.92. The van der Waals surface area contributed by atoms with Crippen molar-refractivity contribution in [1.82, 2.24) is 0 Å². The third-order valence-electron chi connectivity index (χ3n) is 5.43. The van der Waals surface area contributed by atoms with E-state index >= 15 is 0 Å². The first kappa shape index (κ1) is 27.8. The first-order valence-electron chi connectivity index (χ1n) is 11.3. The summed E-state index contributed by atoms with van der Waals surface area (Å²) in [6.07, 6.45) is 6.69. The van der Waals surface area contributed by atoms with Crippen LogP contribution in [0.1, 0.15) is 57.7 Å². The van der Waals surface area contributed by atoms with E-state index in [2.05, 4.69) is 55.0 Å². The minimum atomic E-state index is -0.549. The fraction of sp³-hybridized carbons (Fsp3) is 0.481. The molecule has 0 heterocycles. The molecule has 2 unspecified atom stereocenters. The summed E-state index contributed by atoms with van der Waals surface area (Å²) in [5.74, 6) is -0.269. The van der Waals surface area contributed by atoms with Crippen LogP contribution in [0.5, 0.6) is 0 Å². The Labute approximate surface area is 199 Å². The molecular formula is C27H38N4O2. The topological polar surface area (TPSA) is 90.8 Å². The Bertz CT molecular complexity index is 965. The third-order valence-corrected chi connectivity index (χ3v) is 5.43. The molecule has 0 radical (unpaired) electrons. The molecule has 0 aliphatic carbocycles. The van der Waals surface area contributed by atoms with Gasteiger partial charge in [-0.1, -0.05) is 51.1 Å². The number of allylic oxidation sites excluding steroid dienone is 2. The largest absolute Gasteiger partial charge is 0.487 e. The predicted molar refractivity (Wildman–Crippen MR) is 139 cm³/mol. The molecule has 0 fully saturated rings. The van der Waals surface area contributed by atoms with Crippen molar-refractivity contribution < 1.29 is 9.47 Å². The number of ether oxygens (including phenoxy) is 2. The average Bonchev–Trinajstić information content (AvgIpc) is 2.77. The number of nitrogens with one attached hydrogen (secondary N) is 1. The Morgan fingerprint density at radius 3 is 2.52 bits per heavy atom. The van der Waals surface area contributed by atoms with Crippen molar-refractivity contribution in [3.8, 4) is 6.07 Å². The smallest absolute Gasteiger partial charge is 0.195 e. The van der Waals surface area contributed by atoms with Gasteiger partial charge in [0.15, 0.2) is 18.9 Å². The van der Waals surface area contributed by atoms with Crippen molar-refractivity contribution in [2.24, 2.45) is 21.8 Å². The molecule has 0 spiro atoms. The van der Waals surface area contributed by atoms with Crippen molar-refractivity contribution in [3.63, 3.8) is 0 Å². The quantitative estimate of drug-likeness (QED) is 0.325. The number of nitrogens with zero attached hydrogens (tertiary/aromatic N) is 3.